The zero-order chi connectivity index (χ0) is 102. The standard InChI is InChI=1S/C140H136N6/c1-23-37-95(74-89(3)4)127-68-62-100(85-142-127)112-40-27-33-46-118(112)106-75-104(76-107(79-106)119-47-34-28-41-113(119)101-63-69-128(143-86-101)96-58-59-99(84-133(7,8)9)124(81-96)134(10,11)90(5)6)116-44-31-25-38-110(116)91-50-54-93(55-51-91)131-72-73-141-132(146-131)94-56-52-92(53-57-94)111-39-26-32-45-117(111)105-77-108(120-48-35-29-42-114(120)102-64-70-129(144-87-102)97-60-66-122-125(82-97)136(14,15)139(20,21)135(122,12)13)80-109(78-105)121-49-36-30-43-115(121)103-65-71-130(145-88-103)98-61-67-123-126(83-98)138(18,19)140(22,24-2)137(123,16)17/h23,25-54,56-83,85-88,90,93H,1,24,55,84H2,2-22H3/b95-37+. The molecule has 0 spiro atoms. The molecule has 0 radical (unpaired) electrons. The quantitative estimate of drug-likeness (QED) is 0.0561. The Labute approximate surface area is 867 Å². The van der Waals surface area contributed by atoms with Gasteiger partial charge in [0.2, 0.25) is 0 Å². The molecule has 0 fully saturated rings. The number of pyridine rings is 4. The molecule has 0 aliphatic heterocycles. The van der Waals surface area contributed by atoms with Crippen LogP contribution in [0.25, 0.3) is 179 Å². The highest BCUT2D eigenvalue weighted by Gasteiger charge is 2.59. The van der Waals surface area contributed by atoms with E-state index < -0.39 is 0 Å². The first-order valence-electron chi connectivity index (χ1n) is 52.4. The van der Waals surface area contributed by atoms with Gasteiger partial charge in [0.25, 0.3) is 0 Å². The van der Waals surface area contributed by atoms with E-state index in [9.17, 15) is 0 Å². The minimum Gasteiger partial charge on any atom is -0.256 e. The average molecular weight is 1900 g/mol. The van der Waals surface area contributed by atoms with Gasteiger partial charge in [-0.25, -0.2) is 9.97 Å². The van der Waals surface area contributed by atoms with Crippen molar-refractivity contribution < 1.29 is 0 Å². The van der Waals surface area contributed by atoms with E-state index in [1.165, 1.54) is 39.0 Å². The second kappa shape index (κ2) is 38.5. The first-order chi connectivity index (χ1) is 69.9. The molecule has 2 unspecified atom stereocenters. The van der Waals surface area contributed by atoms with Crippen LogP contribution < -0.4 is 0 Å². The first kappa shape index (κ1) is 98.4. The second-order valence-electron chi connectivity index (χ2n) is 46.2. The third kappa shape index (κ3) is 18.0. The highest BCUT2D eigenvalue weighted by Crippen LogP contribution is 2.65. The third-order valence-electron chi connectivity index (χ3n) is 34.7. The lowest BCUT2D eigenvalue weighted by Gasteiger charge is -2.47. The Balaban J connectivity index is 0.614. The van der Waals surface area contributed by atoms with E-state index in [-0.39, 0.29) is 49.2 Å². The number of hydrogen-bond donors (Lipinski definition) is 0. The van der Waals surface area contributed by atoms with Gasteiger partial charge >= 0.3 is 0 Å². The van der Waals surface area contributed by atoms with E-state index in [4.69, 9.17) is 29.9 Å². The first-order valence-corrected chi connectivity index (χ1v) is 52.4. The van der Waals surface area contributed by atoms with Gasteiger partial charge in [-0.3, -0.25) is 19.9 Å². The molecular formula is C140H136N6. The molecule has 726 valence electrons. The van der Waals surface area contributed by atoms with Crippen LogP contribution in [0.2, 0.25) is 0 Å². The summed E-state index contributed by atoms with van der Waals surface area (Å²) >= 11 is 0. The number of hydrogen-bond acceptors (Lipinski definition) is 6. The fraction of sp³-hybridized carbons (Fsp3) is 0.243. The summed E-state index contributed by atoms with van der Waals surface area (Å²) in [6, 6.07) is 117. The van der Waals surface area contributed by atoms with Crippen molar-refractivity contribution in [3.8, 4) is 168 Å². The SMILES string of the molecule is C=C/C=C(\C=C(C)C)c1ccc(-c2ccccc2-c2cc(-c3ccccc3C3=CCC(c4ccnc(-c5ccc(-c6ccccc6-c6cc(-c7ccccc7-c7ccc(-c8ccc9c(c8)C(C)(C)C(C)(C)C9(C)C)nc7)cc(-c7ccccc7-c7ccc(-c8ccc9c(c8)C(C)(C)C(C)(CC)C9(C)C)nc7)c6)cc5)n4)C=C3)cc(-c3ccccc3-c3ccc(-c4ccc(CC(C)(C)C)c(C(C)(C)C(C)C)c4)nc3)c2)cn1. The summed E-state index contributed by atoms with van der Waals surface area (Å²) in [6.07, 6.45) is 26.1. The molecule has 0 amide bonds. The highest BCUT2D eigenvalue weighted by molar-refractivity contribution is 5.98. The number of fused-ring (bicyclic) bond motifs is 2. The van der Waals surface area contributed by atoms with E-state index in [0.717, 1.165) is 209 Å². The van der Waals surface area contributed by atoms with Crippen LogP contribution >= 0.6 is 0 Å². The molecule has 5 aromatic heterocycles. The minimum absolute atomic E-state index is 0.0156. The maximum Gasteiger partial charge on any atom is 0.159 e. The Hall–Kier alpha value is -15.0. The summed E-state index contributed by atoms with van der Waals surface area (Å²) in [4.78, 5) is 31.4. The zero-order valence-electron chi connectivity index (χ0n) is 89.0. The fourth-order valence-electron chi connectivity index (χ4n) is 23.8. The largest absolute Gasteiger partial charge is 0.256 e. The van der Waals surface area contributed by atoms with Crippen molar-refractivity contribution in [2.24, 2.45) is 22.2 Å². The lowest BCUT2D eigenvalue weighted by molar-refractivity contribution is 0.0943. The Morgan fingerprint density at radius 2 is 0.726 bits per heavy atom. The molecule has 12 aromatic carbocycles. The van der Waals surface area contributed by atoms with Crippen molar-refractivity contribution in [2.45, 2.75) is 198 Å². The van der Waals surface area contributed by atoms with Gasteiger partial charge in [-0.15, -0.1) is 0 Å². The van der Waals surface area contributed by atoms with Gasteiger partial charge in [-0.05, 0) is 312 Å². The van der Waals surface area contributed by atoms with E-state index in [1.807, 2.05) is 24.5 Å². The zero-order valence-corrected chi connectivity index (χ0v) is 89.0. The summed E-state index contributed by atoms with van der Waals surface area (Å²) < 4.78 is 0. The van der Waals surface area contributed by atoms with Crippen molar-refractivity contribution in [1.29, 1.82) is 0 Å². The summed E-state index contributed by atoms with van der Waals surface area (Å²) in [5.41, 5.74) is 46.5. The molecule has 0 N–H and O–H groups in total. The van der Waals surface area contributed by atoms with Crippen molar-refractivity contribution in [1.82, 2.24) is 29.9 Å². The summed E-state index contributed by atoms with van der Waals surface area (Å²) in [6.45, 7) is 53.8. The van der Waals surface area contributed by atoms with Crippen LogP contribution in [0.3, 0.4) is 0 Å². The van der Waals surface area contributed by atoms with Gasteiger partial charge in [0.1, 0.15) is 0 Å². The number of nitrogens with zero attached hydrogens (tertiary/aromatic N) is 6. The summed E-state index contributed by atoms with van der Waals surface area (Å²) in [7, 11) is 0. The maximum absolute atomic E-state index is 5.42. The molecule has 6 nitrogen and oxygen atoms in total. The van der Waals surface area contributed by atoms with Crippen molar-refractivity contribution in [2.75, 3.05) is 0 Å². The Morgan fingerprint density at radius 1 is 0.370 bits per heavy atom. The molecule has 20 rings (SSSR count). The number of allylic oxidation sites excluding steroid dienone is 9. The molecule has 17 aromatic rings. The Bertz CT molecular complexity index is 8020. The monoisotopic (exact) mass is 1900 g/mol. The lowest BCUT2D eigenvalue weighted by atomic mass is 9.57. The normalized spacial score (nSPS) is 16.4. The van der Waals surface area contributed by atoms with Gasteiger partial charge in [0, 0.05) is 87.0 Å². The minimum atomic E-state index is -0.0292. The molecule has 6 heteroatoms. The van der Waals surface area contributed by atoms with Crippen LogP contribution in [0.1, 0.15) is 214 Å². The molecular weight excluding hydrogens is 1770 g/mol. The van der Waals surface area contributed by atoms with Crippen molar-refractivity contribution in [3.63, 3.8) is 0 Å². The van der Waals surface area contributed by atoms with E-state index in [1.54, 1.807) is 0 Å². The molecule has 0 saturated carbocycles. The lowest BCUT2D eigenvalue weighted by Crippen LogP contribution is -2.44. The van der Waals surface area contributed by atoms with Gasteiger partial charge in [0.15, 0.2) is 5.82 Å². The van der Waals surface area contributed by atoms with Crippen LogP contribution in [0, 0.1) is 22.2 Å². The highest BCUT2D eigenvalue weighted by atomic mass is 14.9. The molecule has 0 bridgehead atoms. The summed E-state index contributed by atoms with van der Waals surface area (Å²) in [5.74, 6) is 1.15. The Kier molecular flexibility index (Phi) is 26.0. The molecule has 3 aliphatic carbocycles. The fourth-order valence-corrected chi connectivity index (χ4v) is 23.8. The predicted octanol–water partition coefficient (Wildman–Crippen LogP) is 37.8. The summed E-state index contributed by atoms with van der Waals surface area (Å²) in [5, 5.41) is 0. The Morgan fingerprint density at radius 3 is 1.11 bits per heavy atom. The number of benzene rings is 12. The topological polar surface area (TPSA) is 77.3 Å². The number of rotatable bonds is 24. The van der Waals surface area contributed by atoms with E-state index >= 15 is 0 Å². The van der Waals surface area contributed by atoms with Gasteiger partial charge < -0.3 is 0 Å². The van der Waals surface area contributed by atoms with Crippen LogP contribution in [-0.2, 0) is 33.5 Å². The van der Waals surface area contributed by atoms with Gasteiger partial charge in [-0.1, -0.05) is 411 Å². The predicted molar refractivity (Wildman–Crippen MR) is 619 cm³/mol. The van der Waals surface area contributed by atoms with Crippen LogP contribution in [0.4, 0.5) is 0 Å². The molecule has 146 heavy (non-hydrogen) atoms. The maximum atomic E-state index is 5.42. The van der Waals surface area contributed by atoms with Gasteiger partial charge in [0.05, 0.1) is 28.5 Å². The molecule has 0 saturated heterocycles. The van der Waals surface area contributed by atoms with Crippen molar-refractivity contribution in [3.05, 3.63) is 445 Å². The van der Waals surface area contributed by atoms with E-state index in [2.05, 4.69) is 510 Å². The average Bonchev–Trinajstić information content (AvgIpc) is 1.53. The molecule has 2 atom stereocenters. The molecule has 3 aliphatic rings. The van der Waals surface area contributed by atoms with E-state index in [0.29, 0.717) is 11.7 Å². The van der Waals surface area contributed by atoms with Crippen LogP contribution in [-0.4, -0.2) is 29.9 Å². The van der Waals surface area contributed by atoms with Crippen molar-refractivity contribution >= 4 is 11.1 Å². The third-order valence-corrected chi connectivity index (χ3v) is 34.7. The second-order valence-corrected chi connectivity index (χ2v) is 46.2. The molecule has 5 heterocycles. The van der Waals surface area contributed by atoms with Crippen LogP contribution in [0.5, 0.6) is 0 Å². The smallest absolute Gasteiger partial charge is 0.159 e. The number of aromatic nitrogens is 6. The van der Waals surface area contributed by atoms with Crippen LogP contribution in [0.15, 0.2) is 395 Å². The van der Waals surface area contributed by atoms with Gasteiger partial charge in [-0.2, -0.15) is 0 Å².